The van der Waals surface area contributed by atoms with Gasteiger partial charge < -0.3 is 4.42 Å². The summed E-state index contributed by atoms with van der Waals surface area (Å²) in [6.07, 6.45) is 4.17. The number of anilines is 1. The van der Waals surface area contributed by atoms with E-state index in [-0.39, 0.29) is 12.5 Å². The number of nitrogens with one attached hydrogen (secondary N) is 1. The highest BCUT2D eigenvalue weighted by molar-refractivity contribution is 7.89. The van der Waals surface area contributed by atoms with Crippen LogP contribution < -0.4 is 5.32 Å². The van der Waals surface area contributed by atoms with Gasteiger partial charge in [-0.2, -0.15) is 4.31 Å². The van der Waals surface area contributed by atoms with Crippen molar-refractivity contribution in [2.24, 2.45) is 0 Å². The standard InChI is InChI=1S/C19H19N3O4S2/c1-2-13-3-5-15(6-4-13)28(24,25)22-9-7-16-17(11-22)27-19(20-16)21-18(23)14-8-10-26-12-14/h3-6,8,10,12H,2,7,9,11H2,1H3,(H,20,21,23). The Morgan fingerprint density at radius 2 is 2.07 bits per heavy atom. The van der Waals surface area contributed by atoms with Gasteiger partial charge >= 0.3 is 0 Å². The van der Waals surface area contributed by atoms with Gasteiger partial charge in [0.1, 0.15) is 6.26 Å². The molecule has 9 heteroatoms. The van der Waals surface area contributed by atoms with E-state index in [0.717, 1.165) is 22.6 Å². The maximum Gasteiger partial charge on any atom is 0.260 e. The van der Waals surface area contributed by atoms with Crippen LogP contribution in [0.3, 0.4) is 0 Å². The first-order valence-corrected chi connectivity index (χ1v) is 11.1. The molecule has 1 N–H and O–H groups in total. The highest BCUT2D eigenvalue weighted by Gasteiger charge is 2.30. The van der Waals surface area contributed by atoms with Gasteiger partial charge in [-0.25, -0.2) is 13.4 Å². The molecule has 1 aromatic carbocycles. The fourth-order valence-corrected chi connectivity index (χ4v) is 5.55. The molecule has 1 aliphatic rings. The quantitative estimate of drug-likeness (QED) is 0.688. The summed E-state index contributed by atoms with van der Waals surface area (Å²) >= 11 is 1.30. The molecule has 4 rings (SSSR count). The molecule has 7 nitrogen and oxygen atoms in total. The summed E-state index contributed by atoms with van der Waals surface area (Å²) in [5, 5.41) is 3.20. The number of aromatic nitrogens is 1. The minimum atomic E-state index is -3.57. The van der Waals surface area contributed by atoms with Gasteiger partial charge in [0.15, 0.2) is 5.13 Å². The molecule has 0 bridgehead atoms. The molecule has 0 aliphatic carbocycles. The van der Waals surface area contributed by atoms with Crippen LogP contribution in [0.25, 0.3) is 0 Å². The third-order valence-corrected chi connectivity index (χ3v) is 7.53. The van der Waals surface area contributed by atoms with Crippen molar-refractivity contribution in [2.75, 3.05) is 11.9 Å². The zero-order chi connectivity index (χ0) is 19.7. The molecule has 3 heterocycles. The number of hydrogen-bond donors (Lipinski definition) is 1. The first-order chi connectivity index (χ1) is 13.5. The van der Waals surface area contributed by atoms with Crippen molar-refractivity contribution in [2.45, 2.75) is 31.2 Å². The Kier molecular flexibility index (Phi) is 5.05. The van der Waals surface area contributed by atoms with Crippen molar-refractivity contribution in [3.8, 4) is 0 Å². The molecule has 0 fully saturated rings. The molecule has 28 heavy (non-hydrogen) atoms. The molecule has 0 radical (unpaired) electrons. The van der Waals surface area contributed by atoms with Gasteiger partial charge in [-0.15, -0.1) is 11.3 Å². The summed E-state index contributed by atoms with van der Waals surface area (Å²) in [5.74, 6) is -0.305. The second kappa shape index (κ2) is 7.50. The molecule has 3 aromatic rings. The van der Waals surface area contributed by atoms with Gasteiger partial charge in [0.25, 0.3) is 5.91 Å². The zero-order valence-electron chi connectivity index (χ0n) is 15.2. The van der Waals surface area contributed by atoms with E-state index in [1.54, 1.807) is 18.2 Å². The van der Waals surface area contributed by atoms with Gasteiger partial charge in [0, 0.05) is 17.8 Å². The highest BCUT2D eigenvalue weighted by Crippen LogP contribution is 2.31. The average molecular weight is 418 g/mol. The molecule has 146 valence electrons. The highest BCUT2D eigenvalue weighted by atomic mass is 32.2. The first-order valence-electron chi connectivity index (χ1n) is 8.88. The number of aryl methyl sites for hydroxylation is 1. The lowest BCUT2D eigenvalue weighted by Gasteiger charge is -2.25. The van der Waals surface area contributed by atoms with Crippen molar-refractivity contribution in [3.05, 3.63) is 64.6 Å². The molecule has 0 unspecified atom stereocenters. The third-order valence-electron chi connectivity index (χ3n) is 4.67. The molecule has 0 atom stereocenters. The molecular formula is C19H19N3O4S2. The van der Waals surface area contributed by atoms with Gasteiger partial charge in [-0.3, -0.25) is 10.1 Å². The molecule has 1 amide bonds. The number of furan rings is 1. The average Bonchev–Trinajstić information content (AvgIpc) is 3.36. The van der Waals surface area contributed by atoms with Crippen LogP contribution in [-0.2, 0) is 29.4 Å². The summed E-state index contributed by atoms with van der Waals surface area (Å²) in [4.78, 5) is 17.7. The number of sulfonamides is 1. The van der Waals surface area contributed by atoms with Crippen LogP contribution in [0.1, 0.15) is 33.4 Å². The minimum absolute atomic E-state index is 0.256. The Morgan fingerprint density at radius 3 is 2.75 bits per heavy atom. The van der Waals surface area contributed by atoms with Crippen LogP contribution in [0.15, 0.2) is 52.2 Å². The summed E-state index contributed by atoms with van der Waals surface area (Å²) in [6.45, 7) is 2.65. The summed E-state index contributed by atoms with van der Waals surface area (Å²) < 4.78 is 32.3. The second-order valence-corrected chi connectivity index (χ2v) is 9.46. The van der Waals surface area contributed by atoms with Crippen LogP contribution in [-0.4, -0.2) is 30.2 Å². The van der Waals surface area contributed by atoms with Crippen molar-refractivity contribution in [3.63, 3.8) is 0 Å². The van der Waals surface area contributed by atoms with Crippen molar-refractivity contribution < 1.29 is 17.6 Å². The van der Waals surface area contributed by atoms with Crippen LogP contribution in [0.4, 0.5) is 5.13 Å². The van der Waals surface area contributed by atoms with E-state index in [1.165, 1.54) is 28.2 Å². The summed E-state index contributed by atoms with van der Waals surface area (Å²) in [5.41, 5.74) is 2.34. The van der Waals surface area contributed by atoms with Gasteiger partial charge in [-0.1, -0.05) is 19.1 Å². The predicted molar refractivity (Wildman–Crippen MR) is 106 cm³/mol. The normalized spacial score (nSPS) is 14.6. The number of hydrogen-bond acceptors (Lipinski definition) is 6. The van der Waals surface area contributed by atoms with Crippen LogP contribution in [0.2, 0.25) is 0 Å². The fraction of sp³-hybridized carbons (Fsp3) is 0.263. The van der Waals surface area contributed by atoms with E-state index in [0.29, 0.717) is 28.6 Å². The lowest BCUT2D eigenvalue weighted by atomic mass is 10.2. The van der Waals surface area contributed by atoms with E-state index in [9.17, 15) is 13.2 Å². The summed E-state index contributed by atoms with van der Waals surface area (Å²) in [7, 11) is -3.57. The largest absolute Gasteiger partial charge is 0.472 e. The van der Waals surface area contributed by atoms with E-state index >= 15 is 0 Å². The second-order valence-electron chi connectivity index (χ2n) is 6.44. The number of benzene rings is 1. The lowest BCUT2D eigenvalue weighted by Crippen LogP contribution is -2.35. The molecule has 0 saturated carbocycles. The van der Waals surface area contributed by atoms with E-state index in [4.69, 9.17) is 4.42 Å². The number of nitrogens with zero attached hydrogens (tertiary/aromatic N) is 2. The Balaban J connectivity index is 1.51. The number of rotatable bonds is 5. The van der Waals surface area contributed by atoms with Crippen LogP contribution in [0.5, 0.6) is 0 Å². The molecule has 2 aromatic heterocycles. The number of fused-ring (bicyclic) bond motifs is 1. The minimum Gasteiger partial charge on any atom is -0.472 e. The Bertz CT molecular complexity index is 1090. The summed E-state index contributed by atoms with van der Waals surface area (Å²) in [6, 6.07) is 8.58. The van der Waals surface area contributed by atoms with Gasteiger partial charge in [-0.05, 0) is 30.2 Å². The maximum atomic E-state index is 13.0. The van der Waals surface area contributed by atoms with Crippen molar-refractivity contribution in [1.29, 1.82) is 0 Å². The lowest BCUT2D eigenvalue weighted by molar-refractivity contribution is 0.102. The zero-order valence-corrected chi connectivity index (χ0v) is 16.8. The molecule has 0 spiro atoms. The Morgan fingerprint density at radius 1 is 1.29 bits per heavy atom. The van der Waals surface area contributed by atoms with Crippen LogP contribution >= 0.6 is 11.3 Å². The van der Waals surface area contributed by atoms with E-state index < -0.39 is 10.0 Å². The third kappa shape index (κ3) is 3.60. The number of carbonyl (C=O) groups excluding carboxylic acids is 1. The number of thiazole rings is 1. The topological polar surface area (TPSA) is 92.5 Å². The monoisotopic (exact) mass is 417 g/mol. The first kappa shape index (κ1) is 18.9. The van der Waals surface area contributed by atoms with Gasteiger partial charge in [0.2, 0.25) is 10.0 Å². The fourth-order valence-electron chi connectivity index (χ4n) is 3.04. The van der Waals surface area contributed by atoms with Gasteiger partial charge in [0.05, 0.1) is 29.0 Å². The SMILES string of the molecule is CCc1ccc(S(=O)(=O)N2CCc3nc(NC(=O)c4ccoc4)sc3C2)cc1. The van der Waals surface area contributed by atoms with Crippen LogP contribution in [0, 0.1) is 0 Å². The van der Waals surface area contributed by atoms with E-state index in [2.05, 4.69) is 10.3 Å². The number of carbonyl (C=O) groups is 1. The predicted octanol–water partition coefficient (Wildman–Crippen LogP) is 3.30. The maximum absolute atomic E-state index is 13.0. The van der Waals surface area contributed by atoms with E-state index in [1.807, 2.05) is 19.1 Å². The molecular weight excluding hydrogens is 398 g/mol. The van der Waals surface area contributed by atoms with Crippen molar-refractivity contribution >= 4 is 32.4 Å². The smallest absolute Gasteiger partial charge is 0.260 e. The Hall–Kier alpha value is -2.49. The molecule has 0 saturated heterocycles. The Labute approximate surface area is 167 Å². The van der Waals surface area contributed by atoms with Crippen molar-refractivity contribution in [1.82, 2.24) is 9.29 Å². The number of amides is 1. The molecule has 1 aliphatic heterocycles.